The number of piperazine rings is 1. The number of para-hydroxylation sites is 1. The molecule has 1 atom stereocenters. The summed E-state index contributed by atoms with van der Waals surface area (Å²) in [6, 6.07) is 20.3. The van der Waals surface area contributed by atoms with Gasteiger partial charge in [-0.25, -0.2) is 9.98 Å². The highest BCUT2D eigenvalue weighted by Crippen LogP contribution is 2.28. The van der Waals surface area contributed by atoms with Gasteiger partial charge in [0.1, 0.15) is 0 Å². The van der Waals surface area contributed by atoms with Crippen LogP contribution < -0.4 is 15.8 Å². The molecule has 0 bridgehead atoms. The Morgan fingerprint density at radius 2 is 1.66 bits per heavy atom. The van der Waals surface area contributed by atoms with Crippen LogP contribution in [0.3, 0.4) is 0 Å². The number of rotatable bonds is 3. The zero-order valence-electron chi connectivity index (χ0n) is 18.2. The maximum absolute atomic E-state index is 12.9. The van der Waals surface area contributed by atoms with E-state index in [4.69, 9.17) is 4.99 Å². The molecule has 2 aliphatic heterocycles. The number of aryl methyl sites for hydroxylation is 1. The second kappa shape index (κ2) is 8.70. The molecule has 3 heterocycles. The molecule has 32 heavy (non-hydrogen) atoms. The van der Waals surface area contributed by atoms with Gasteiger partial charge in [-0.2, -0.15) is 0 Å². The molecule has 0 aliphatic carbocycles. The minimum Gasteiger partial charge on any atom is -0.368 e. The fraction of sp³-hybridized carbons (Fsp3) is 0.292. The SMILES string of the molecule is CSc1ccc([C@H]2N=C(N3CCN(c4ccccc4)CC3)Nc3nc(C)cc(=O)n32)cc1. The molecule has 1 fully saturated rings. The molecule has 164 valence electrons. The number of aliphatic imine (C=N–C) groups is 1. The normalized spacial score (nSPS) is 18.1. The summed E-state index contributed by atoms with van der Waals surface area (Å²) in [5, 5.41) is 3.33. The molecule has 2 aliphatic rings. The molecule has 0 unspecified atom stereocenters. The van der Waals surface area contributed by atoms with Crippen molar-refractivity contribution in [2.45, 2.75) is 18.0 Å². The van der Waals surface area contributed by atoms with E-state index in [9.17, 15) is 4.79 Å². The lowest BCUT2D eigenvalue weighted by Crippen LogP contribution is -2.52. The van der Waals surface area contributed by atoms with Crippen LogP contribution in [0.25, 0.3) is 0 Å². The Kier molecular flexibility index (Phi) is 5.61. The van der Waals surface area contributed by atoms with Crippen molar-refractivity contribution in [3.63, 3.8) is 0 Å². The van der Waals surface area contributed by atoms with Gasteiger partial charge in [0, 0.05) is 48.5 Å². The van der Waals surface area contributed by atoms with Crippen molar-refractivity contribution in [1.29, 1.82) is 0 Å². The van der Waals surface area contributed by atoms with Crippen LogP contribution in [0.5, 0.6) is 0 Å². The van der Waals surface area contributed by atoms with Gasteiger partial charge in [0.25, 0.3) is 5.56 Å². The van der Waals surface area contributed by atoms with Crippen LogP contribution in [0.4, 0.5) is 11.6 Å². The number of anilines is 2. The number of thioether (sulfide) groups is 1. The third-order valence-corrected chi connectivity index (χ3v) is 6.65. The molecule has 1 N–H and O–H groups in total. The van der Waals surface area contributed by atoms with E-state index in [1.165, 1.54) is 10.6 Å². The number of guanidine groups is 1. The average molecular weight is 447 g/mol. The molecule has 0 saturated carbocycles. The summed E-state index contributed by atoms with van der Waals surface area (Å²) in [7, 11) is 0. The molecule has 1 aromatic heterocycles. The Morgan fingerprint density at radius 3 is 2.34 bits per heavy atom. The predicted molar refractivity (Wildman–Crippen MR) is 131 cm³/mol. The third-order valence-electron chi connectivity index (χ3n) is 5.91. The van der Waals surface area contributed by atoms with Gasteiger partial charge in [0.15, 0.2) is 6.17 Å². The lowest BCUT2D eigenvalue weighted by Gasteiger charge is -2.39. The Morgan fingerprint density at radius 1 is 0.969 bits per heavy atom. The van der Waals surface area contributed by atoms with Crippen molar-refractivity contribution in [1.82, 2.24) is 14.5 Å². The van der Waals surface area contributed by atoms with E-state index >= 15 is 0 Å². The Balaban J connectivity index is 1.45. The number of benzene rings is 2. The summed E-state index contributed by atoms with van der Waals surface area (Å²) in [4.78, 5) is 28.3. The second-order valence-corrected chi connectivity index (χ2v) is 8.84. The number of nitrogens with zero attached hydrogens (tertiary/aromatic N) is 5. The first-order chi connectivity index (χ1) is 15.6. The molecule has 1 saturated heterocycles. The Hall–Kier alpha value is -3.26. The predicted octanol–water partition coefficient (Wildman–Crippen LogP) is 3.42. The zero-order chi connectivity index (χ0) is 22.1. The van der Waals surface area contributed by atoms with Crippen molar-refractivity contribution < 1.29 is 0 Å². The van der Waals surface area contributed by atoms with Gasteiger partial charge in [-0.15, -0.1) is 11.8 Å². The maximum Gasteiger partial charge on any atom is 0.257 e. The number of hydrogen-bond acceptors (Lipinski definition) is 7. The summed E-state index contributed by atoms with van der Waals surface area (Å²) >= 11 is 1.69. The van der Waals surface area contributed by atoms with Gasteiger partial charge in [-0.1, -0.05) is 30.3 Å². The molecular weight excluding hydrogens is 420 g/mol. The molecular formula is C24H26N6OS. The van der Waals surface area contributed by atoms with Crippen LogP contribution in [0, 0.1) is 6.92 Å². The Labute approximate surface area is 191 Å². The fourth-order valence-electron chi connectivity index (χ4n) is 4.21. The lowest BCUT2D eigenvalue weighted by atomic mass is 10.1. The van der Waals surface area contributed by atoms with E-state index < -0.39 is 6.17 Å². The number of hydrogen-bond donors (Lipinski definition) is 1. The van der Waals surface area contributed by atoms with E-state index in [2.05, 4.69) is 62.8 Å². The van der Waals surface area contributed by atoms with Gasteiger partial charge in [-0.05, 0) is 43.0 Å². The molecule has 7 nitrogen and oxygen atoms in total. The van der Waals surface area contributed by atoms with Gasteiger partial charge in [-0.3, -0.25) is 14.7 Å². The number of aromatic nitrogens is 2. The van der Waals surface area contributed by atoms with Crippen LogP contribution in [-0.4, -0.2) is 52.8 Å². The van der Waals surface area contributed by atoms with Crippen molar-refractivity contribution in [2.24, 2.45) is 4.99 Å². The van der Waals surface area contributed by atoms with Crippen molar-refractivity contribution in [3.8, 4) is 0 Å². The molecule has 0 amide bonds. The van der Waals surface area contributed by atoms with E-state index in [1.54, 1.807) is 22.4 Å². The highest BCUT2D eigenvalue weighted by atomic mass is 32.2. The molecule has 0 spiro atoms. The van der Waals surface area contributed by atoms with Gasteiger partial charge in [0.05, 0.1) is 0 Å². The summed E-state index contributed by atoms with van der Waals surface area (Å²) in [6.45, 7) is 5.35. The van der Waals surface area contributed by atoms with E-state index in [-0.39, 0.29) is 5.56 Å². The van der Waals surface area contributed by atoms with E-state index in [0.717, 1.165) is 37.7 Å². The number of nitrogens with one attached hydrogen (secondary N) is 1. The van der Waals surface area contributed by atoms with Crippen LogP contribution in [-0.2, 0) is 0 Å². The number of fused-ring (bicyclic) bond motifs is 1. The Bertz CT molecular complexity index is 1180. The average Bonchev–Trinajstić information content (AvgIpc) is 2.84. The zero-order valence-corrected chi connectivity index (χ0v) is 19.0. The largest absolute Gasteiger partial charge is 0.368 e. The van der Waals surface area contributed by atoms with Gasteiger partial charge in [0.2, 0.25) is 11.9 Å². The van der Waals surface area contributed by atoms with Gasteiger partial charge < -0.3 is 9.80 Å². The quantitative estimate of drug-likeness (QED) is 0.622. The first-order valence-corrected chi connectivity index (χ1v) is 12.0. The lowest BCUT2D eigenvalue weighted by molar-refractivity contribution is 0.376. The molecule has 5 rings (SSSR count). The third kappa shape index (κ3) is 3.98. The fourth-order valence-corrected chi connectivity index (χ4v) is 4.62. The molecule has 8 heteroatoms. The highest BCUT2D eigenvalue weighted by molar-refractivity contribution is 7.98. The topological polar surface area (TPSA) is 65.8 Å². The minimum absolute atomic E-state index is 0.101. The first kappa shape index (κ1) is 20.6. The van der Waals surface area contributed by atoms with E-state index in [1.807, 2.05) is 25.1 Å². The summed E-state index contributed by atoms with van der Waals surface area (Å²) < 4.78 is 1.64. The maximum atomic E-state index is 12.9. The van der Waals surface area contributed by atoms with E-state index in [0.29, 0.717) is 11.6 Å². The van der Waals surface area contributed by atoms with Crippen molar-refractivity contribution >= 4 is 29.4 Å². The van der Waals surface area contributed by atoms with Crippen LogP contribution in [0.15, 0.2) is 75.3 Å². The van der Waals surface area contributed by atoms with Crippen LogP contribution in [0.1, 0.15) is 17.4 Å². The second-order valence-electron chi connectivity index (χ2n) is 7.96. The van der Waals surface area contributed by atoms with Crippen LogP contribution in [0.2, 0.25) is 0 Å². The molecule has 2 aromatic carbocycles. The minimum atomic E-state index is -0.440. The molecule has 0 radical (unpaired) electrons. The standard InChI is InChI=1S/C24H26N6OS/c1-17-16-21(31)30-22(18-8-10-20(32-2)11-9-18)26-23(27-24(30)25-17)29-14-12-28(13-15-29)19-6-4-3-5-7-19/h3-11,16,22H,12-15H2,1-2H3,(H,25,26,27)/t22-/m0/s1. The molecule has 3 aromatic rings. The van der Waals surface area contributed by atoms with Crippen LogP contribution >= 0.6 is 11.8 Å². The highest BCUT2D eigenvalue weighted by Gasteiger charge is 2.29. The monoisotopic (exact) mass is 446 g/mol. The smallest absolute Gasteiger partial charge is 0.257 e. The van der Waals surface area contributed by atoms with Gasteiger partial charge >= 0.3 is 0 Å². The summed E-state index contributed by atoms with van der Waals surface area (Å²) in [6.07, 6.45) is 1.61. The van der Waals surface area contributed by atoms with Crippen molar-refractivity contribution in [3.05, 3.63) is 82.3 Å². The summed E-state index contributed by atoms with van der Waals surface area (Å²) in [5.74, 6) is 1.32. The van der Waals surface area contributed by atoms with Crippen molar-refractivity contribution in [2.75, 3.05) is 42.7 Å². The first-order valence-electron chi connectivity index (χ1n) is 10.8. The summed E-state index contributed by atoms with van der Waals surface area (Å²) in [5.41, 5.74) is 2.81.